The maximum Gasteiger partial charge on any atom is 0.317 e. The Morgan fingerprint density at radius 1 is 1.75 bits per heavy atom. The zero-order valence-electron chi connectivity index (χ0n) is 7.20. The lowest BCUT2D eigenvalue weighted by atomic mass is 9.96. The molecule has 4 nitrogen and oxygen atoms in total. The molecule has 0 unspecified atom stereocenters. The monoisotopic (exact) mass is 172 g/mol. The number of carbonyl (C=O) groups excluding carboxylic acids is 2. The van der Waals surface area contributed by atoms with Crippen LogP contribution < -0.4 is 0 Å². The standard InChI is InChI=1S/C8H12O4/c1-6(2)3-8(11-5-9)4-7(10)12-8/h5-6H,3-4H2,1-2H3/t8-/m1/s1. The molecule has 1 heterocycles. The van der Waals surface area contributed by atoms with E-state index in [1.807, 2.05) is 13.8 Å². The van der Waals surface area contributed by atoms with Crippen molar-refractivity contribution in [2.75, 3.05) is 0 Å². The minimum absolute atomic E-state index is 0.184. The highest BCUT2D eigenvalue weighted by Gasteiger charge is 2.48. The summed E-state index contributed by atoms with van der Waals surface area (Å²) in [6.45, 7) is 4.28. The lowest BCUT2D eigenvalue weighted by Gasteiger charge is -2.38. The molecule has 0 bridgehead atoms. The SMILES string of the molecule is CC(C)C[C@]1(OC=O)CC(=O)O1. The van der Waals surface area contributed by atoms with Crippen LogP contribution in [0.4, 0.5) is 0 Å². The maximum absolute atomic E-state index is 10.6. The second-order valence-corrected chi connectivity index (χ2v) is 3.37. The minimum Gasteiger partial charge on any atom is -0.424 e. The zero-order valence-corrected chi connectivity index (χ0v) is 7.20. The summed E-state index contributed by atoms with van der Waals surface area (Å²) in [6.07, 6.45) is 0.751. The molecule has 4 heteroatoms. The summed E-state index contributed by atoms with van der Waals surface area (Å²) in [5.74, 6) is -0.928. The third-order valence-electron chi connectivity index (χ3n) is 1.70. The first kappa shape index (κ1) is 9.03. The number of cyclic esters (lactones) is 1. The van der Waals surface area contributed by atoms with Gasteiger partial charge in [-0.15, -0.1) is 0 Å². The number of hydrogen-bond acceptors (Lipinski definition) is 4. The topological polar surface area (TPSA) is 52.6 Å². The molecular weight excluding hydrogens is 160 g/mol. The fourth-order valence-corrected chi connectivity index (χ4v) is 1.36. The Labute approximate surface area is 70.8 Å². The summed E-state index contributed by atoms with van der Waals surface area (Å²) >= 11 is 0. The van der Waals surface area contributed by atoms with Crippen molar-refractivity contribution in [2.24, 2.45) is 5.92 Å². The minimum atomic E-state index is -0.951. The molecule has 1 saturated heterocycles. The van der Waals surface area contributed by atoms with Gasteiger partial charge in [-0.2, -0.15) is 0 Å². The number of ether oxygens (including phenoxy) is 2. The highest BCUT2D eigenvalue weighted by Crippen LogP contribution is 2.34. The van der Waals surface area contributed by atoms with E-state index in [9.17, 15) is 9.59 Å². The van der Waals surface area contributed by atoms with Crippen LogP contribution in [-0.2, 0) is 19.1 Å². The second-order valence-electron chi connectivity index (χ2n) is 3.37. The van der Waals surface area contributed by atoms with Crippen LogP contribution in [0.5, 0.6) is 0 Å². The Morgan fingerprint density at radius 2 is 2.33 bits per heavy atom. The van der Waals surface area contributed by atoms with Gasteiger partial charge in [-0.05, 0) is 5.92 Å². The fraction of sp³-hybridized carbons (Fsp3) is 0.750. The van der Waals surface area contributed by atoms with E-state index < -0.39 is 5.79 Å². The summed E-state index contributed by atoms with van der Waals surface area (Å²) in [5, 5.41) is 0. The first-order valence-corrected chi connectivity index (χ1v) is 3.91. The zero-order chi connectivity index (χ0) is 9.19. The molecule has 0 aliphatic carbocycles. The van der Waals surface area contributed by atoms with Crippen LogP contribution in [-0.4, -0.2) is 18.2 Å². The van der Waals surface area contributed by atoms with Gasteiger partial charge in [0.1, 0.15) is 6.42 Å². The molecule has 0 aromatic rings. The van der Waals surface area contributed by atoms with Crippen molar-refractivity contribution in [3.63, 3.8) is 0 Å². The van der Waals surface area contributed by atoms with Crippen molar-refractivity contribution in [1.29, 1.82) is 0 Å². The normalized spacial score (nSPS) is 27.8. The lowest BCUT2D eigenvalue weighted by molar-refractivity contribution is -0.267. The predicted octanol–water partition coefficient (Wildman–Crippen LogP) is 0.849. The number of rotatable bonds is 4. The van der Waals surface area contributed by atoms with Crippen molar-refractivity contribution in [3.05, 3.63) is 0 Å². The number of hydrogen-bond donors (Lipinski definition) is 0. The Balaban J connectivity index is 2.50. The molecule has 1 aliphatic rings. The van der Waals surface area contributed by atoms with Gasteiger partial charge in [0.15, 0.2) is 0 Å². The van der Waals surface area contributed by atoms with Gasteiger partial charge in [-0.25, -0.2) is 0 Å². The van der Waals surface area contributed by atoms with E-state index in [4.69, 9.17) is 9.47 Å². The average molecular weight is 172 g/mol. The van der Waals surface area contributed by atoms with Crippen molar-refractivity contribution >= 4 is 12.4 Å². The van der Waals surface area contributed by atoms with Gasteiger partial charge in [0.25, 0.3) is 12.3 Å². The van der Waals surface area contributed by atoms with Crippen LogP contribution in [0.3, 0.4) is 0 Å². The van der Waals surface area contributed by atoms with E-state index in [1.165, 1.54) is 0 Å². The van der Waals surface area contributed by atoms with Gasteiger partial charge in [0.05, 0.1) is 0 Å². The van der Waals surface area contributed by atoms with Crippen LogP contribution in [0.2, 0.25) is 0 Å². The molecule has 0 aromatic heterocycles. The van der Waals surface area contributed by atoms with Crippen LogP contribution >= 0.6 is 0 Å². The molecule has 68 valence electrons. The number of carbonyl (C=O) groups is 2. The maximum atomic E-state index is 10.6. The third-order valence-corrected chi connectivity index (χ3v) is 1.70. The van der Waals surface area contributed by atoms with Crippen LogP contribution in [0.15, 0.2) is 0 Å². The van der Waals surface area contributed by atoms with E-state index in [0.717, 1.165) is 0 Å². The molecule has 1 atom stereocenters. The van der Waals surface area contributed by atoms with Gasteiger partial charge >= 0.3 is 5.97 Å². The summed E-state index contributed by atoms with van der Waals surface area (Å²) in [5.41, 5.74) is 0. The van der Waals surface area contributed by atoms with Crippen molar-refractivity contribution in [3.8, 4) is 0 Å². The fourth-order valence-electron chi connectivity index (χ4n) is 1.36. The van der Waals surface area contributed by atoms with E-state index in [-0.39, 0.29) is 12.4 Å². The van der Waals surface area contributed by atoms with Crippen molar-refractivity contribution < 1.29 is 19.1 Å². The molecule has 12 heavy (non-hydrogen) atoms. The molecule has 1 aliphatic heterocycles. The van der Waals surface area contributed by atoms with Gasteiger partial charge in [0.2, 0.25) is 0 Å². The van der Waals surface area contributed by atoms with Crippen molar-refractivity contribution in [2.45, 2.75) is 32.5 Å². The Morgan fingerprint density at radius 3 is 2.67 bits per heavy atom. The van der Waals surface area contributed by atoms with E-state index in [1.54, 1.807) is 0 Å². The largest absolute Gasteiger partial charge is 0.424 e. The first-order chi connectivity index (χ1) is 5.58. The van der Waals surface area contributed by atoms with Crippen LogP contribution in [0, 0.1) is 5.92 Å². The Bertz CT molecular complexity index is 184. The second kappa shape index (κ2) is 3.13. The summed E-state index contributed by atoms with van der Waals surface area (Å²) in [4.78, 5) is 20.6. The molecule has 1 fully saturated rings. The smallest absolute Gasteiger partial charge is 0.317 e. The molecule has 0 amide bonds. The summed E-state index contributed by atoms with van der Waals surface area (Å²) in [7, 11) is 0. The quantitative estimate of drug-likeness (QED) is 0.466. The molecule has 0 spiro atoms. The van der Waals surface area contributed by atoms with Gasteiger partial charge < -0.3 is 9.47 Å². The summed E-state index contributed by atoms with van der Waals surface area (Å²) in [6, 6.07) is 0. The van der Waals surface area contributed by atoms with Crippen LogP contribution in [0.25, 0.3) is 0 Å². The van der Waals surface area contributed by atoms with E-state index in [2.05, 4.69) is 0 Å². The van der Waals surface area contributed by atoms with Crippen LogP contribution in [0.1, 0.15) is 26.7 Å². The lowest BCUT2D eigenvalue weighted by Crippen LogP contribution is -2.50. The number of esters is 1. The molecule has 0 aromatic carbocycles. The highest BCUT2D eigenvalue weighted by atomic mass is 16.7. The van der Waals surface area contributed by atoms with Gasteiger partial charge in [-0.1, -0.05) is 13.8 Å². The molecule has 0 radical (unpaired) electrons. The summed E-state index contributed by atoms with van der Waals surface area (Å²) < 4.78 is 9.51. The molecule has 1 rings (SSSR count). The average Bonchev–Trinajstić information content (AvgIpc) is 1.83. The van der Waals surface area contributed by atoms with Gasteiger partial charge in [-0.3, -0.25) is 9.59 Å². The molecule has 0 N–H and O–H groups in total. The molecular formula is C8H12O4. The Kier molecular flexibility index (Phi) is 2.35. The van der Waals surface area contributed by atoms with E-state index in [0.29, 0.717) is 18.8 Å². The van der Waals surface area contributed by atoms with E-state index >= 15 is 0 Å². The molecule has 0 saturated carbocycles. The third kappa shape index (κ3) is 1.75. The first-order valence-electron chi connectivity index (χ1n) is 3.91. The van der Waals surface area contributed by atoms with Crippen molar-refractivity contribution in [1.82, 2.24) is 0 Å². The predicted molar refractivity (Wildman–Crippen MR) is 40.0 cm³/mol. The van der Waals surface area contributed by atoms with Gasteiger partial charge in [0, 0.05) is 6.42 Å². The highest BCUT2D eigenvalue weighted by molar-refractivity contribution is 5.76. The Hall–Kier alpha value is -1.06.